The van der Waals surface area contributed by atoms with Crippen LogP contribution in [0, 0.1) is 0 Å². The largest absolute Gasteiger partial charge is 0.497 e. The molecule has 0 N–H and O–H groups in total. The van der Waals surface area contributed by atoms with Gasteiger partial charge in [0, 0.05) is 14.1 Å². The first kappa shape index (κ1) is 23.6. The SMILES string of the molecule is CCOc1cc(C=C2C(=O)N(C)C(=O)N(C)C2=O)ccc1OCCOc1ccc(OC)cc1. The lowest BCUT2D eigenvalue weighted by Gasteiger charge is -2.28. The maximum atomic E-state index is 12.4. The molecule has 1 aliphatic heterocycles. The van der Waals surface area contributed by atoms with Gasteiger partial charge in [-0.15, -0.1) is 0 Å². The lowest BCUT2D eigenvalue weighted by atomic mass is 10.1. The Bertz CT molecular complexity index is 1040. The first-order valence-corrected chi connectivity index (χ1v) is 10.3. The van der Waals surface area contributed by atoms with Crippen molar-refractivity contribution in [3.63, 3.8) is 0 Å². The highest BCUT2D eigenvalue weighted by Gasteiger charge is 2.37. The molecule has 0 aliphatic carbocycles. The third-order valence-electron chi connectivity index (χ3n) is 4.89. The van der Waals surface area contributed by atoms with Gasteiger partial charge in [-0.2, -0.15) is 0 Å². The van der Waals surface area contributed by atoms with Gasteiger partial charge in [0.15, 0.2) is 11.5 Å². The van der Waals surface area contributed by atoms with Crippen molar-refractivity contribution < 1.29 is 33.3 Å². The highest BCUT2D eigenvalue weighted by molar-refractivity contribution is 6.30. The van der Waals surface area contributed by atoms with Crippen LogP contribution >= 0.6 is 0 Å². The summed E-state index contributed by atoms with van der Waals surface area (Å²) in [5, 5.41) is 0. The van der Waals surface area contributed by atoms with Crippen LogP contribution in [-0.2, 0) is 9.59 Å². The summed E-state index contributed by atoms with van der Waals surface area (Å²) in [5.41, 5.74) is 0.455. The van der Waals surface area contributed by atoms with Crippen LogP contribution in [0.1, 0.15) is 12.5 Å². The van der Waals surface area contributed by atoms with Gasteiger partial charge in [-0.3, -0.25) is 19.4 Å². The summed E-state index contributed by atoms with van der Waals surface area (Å²) in [4.78, 5) is 38.5. The van der Waals surface area contributed by atoms with Crippen LogP contribution in [0.25, 0.3) is 6.08 Å². The molecular weight excluding hydrogens is 428 g/mol. The van der Waals surface area contributed by atoms with Crippen molar-refractivity contribution in [2.45, 2.75) is 6.92 Å². The molecule has 0 radical (unpaired) electrons. The molecule has 3 rings (SSSR count). The minimum atomic E-state index is -0.669. The van der Waals surface area contributed by atoms with Crippen LogP contribution in [0.5, 0.6) is 23.0 Å². The maximum Gasteiger partial charge on any atom is 0.333 e. The Hall–Kier alpha value is -4.01. The molecule has 1 fully saturated rings. The van der Waals surface area contributed by atoms with Crippen molar-refractivity contribution >= 4 is 23.9 Å². The molecule has 2 aromatic rings. The lowest BCUT2D eigenvalue weighted by molar-refractivity contribution is -0.134. The third-order valence-corrected chi connectivity index (χ3v) is 4.89. The van der Waals surface area contributed by atoms with E-state index in [1.165, 1.54) is 20.2 Å². The van der Waals surface area contributed by atoms with E-state index < -0.39 is 17.8 Å². The summed E-state index contributed by atoms with van der Waals surface area (Å²) in [5.74, 6) is 1.10. The van der Waals surface area contributed by atoms with Crippen molar-refractivity contribution in [1.82, 2.24) is 9.80 Å². The number of rotatable bonds is 9. The summed E-state index contributed by atoms with van der Waals surface area (Å²) in [7, 11) is 4.26. The Balaban J connectivity index is 1.69. The minimum absolute atomic E-state index is 0.108. The molecule has 1 saturated heterocycles. The van der Waals surface area contributed by atoms with Gasteiger partial charge < -0.3 is 18.9 Å². The van der Waals surface area contributed by atoms with Gasteiger partial charge in [0.1, 0.15) is 30.3 Å². The highest BCUT2D eigenvalue weighted by atomic mass is 16.5. The molecule has 4 amide bonds. The second-order valence-electron chi connectivity index (χ2n) is 7.08. The molecule has 1 heterocycles. The number of hydrogen-bond donors (Lipinski definition) is 0. The molecule has 33 heavy (non-hydrogen) atoms. The monoisotopic (exact) mass is 454 g/mol. The summed E-state index contributed by atoms with van der Waals surface area (Å²) in [6.45, 7) is 2.84. The molecule has 1 aliphatic rings. The number of barbiturate groups is 1. The summed E-state index contributed by atoms with van der Waals surface area (Å²) < 4.78 is 22.2. The fourth-order valence-electron chi connectivity index (χ4n) is 3.13. The number of likely N-dealkylation sites (N-methyl/N-ethyl adjacent to an activating group) is 2. The zero-order chi connectivity index (χ0) is 24.0. The van der Waals surface area contributed by atoms with E-state index in [9.17, 15) is 14.4 Å². The second-order valence-corrected chi connectivity index (χ2v) is 7.08. The molecule has 0 atom stereocenters. The van der Waals surface area contributed by atoms with E-state index in [-0.39, 0.29) is 12.2 Å². The van der Waals surface area contributed by atoms with Crippen LogP contribution in [0.2, 0.25) is 0 Å². The van der Waals surface area contributed by atoms with E-state index in [4.69, 9.17) is 18.9 Å². The number of nitrogens with zero attached hydrogens (tertiary/aromatic N) is 2. The zero-order valence-electron chi connectivity index (χ0n) is 19.0. The summed E-state index contributed by atoms with van der Waals surface area (Å²) in [6, 6.07) is 11.6. The quantitative estimate of drug-likeness (QED) is 0.327. The van der Waals surface area contributed by atoms with Crippen molar-refractivity contribution in [1.29, 1.82) is 0 Å². The van der Waals surface area contributed by atoms with Crippen molar-refractivity contribution in [3.8, 4) is 23.0 Å². The number of methoxy groups -OCH3 is 1. The Morgan fingerprint density at radius 3 is 2.00 bits per heavy atom. The van der Waals surface area contributed by atoms with E-state index >= 15 is 0 Å². The molecule has 9 heteroatoms. The molecule has 2 aromatic carbocycles. The number of amides is 4. The van der Waals surface area contributed by atoms with E-state index in [2.05, 4.69) is 0 Å². The van der Waals surface area contributed by atoms with Crippen LogP contribution in [0.3, 0.4) is 0 Å². The molecule has 0 unspecified atom stereocenters. The first-order valence-electron chi connectivity index (χ1n) is 10.3. The number of carbonyl (C=O) groups excluding carboxylic acids is 3. The fourth-order valence-corrected chi connectivity index (χ4v) is 3.13. The van der Waals surface area contributed by atoms with Gasteiger partial charge >= 0.3 is 6.03 Å². The molecule has 9 nitrogen and oxygen atoms in total. The molecule has 0 spiro atoms. The minimum Gasteiger partial charge on any atom is -0.497 e. The zero-order valence-corrected chi connectivity index (χ0v) is 19.0. The van der Waals surface area contributed by atoms with E-state index in [1.807, 2.05) is 31.2 Å². The number of benzene rings is 2. The number of imide groups is 2. The Kier molecular flexibility index (Phi) is 7.55. The first-order chi connectivity index (χ1) is 15.8. The van der Waals surface area contributed by atoms with E-state index in [0.29, 0.717) is 36.0 Å². The van der Waals surface area contributed by atoms with Crippen molar-refractivity contribution in [2.75, 3.05) is 41.0 Å². The van der Waals surface area contributed by atoms with Crippen LogP contribution in [0.15, 0.2) is 48.0 Å². The van der Waals surface area contributed by atoms with Crippen LogP contribution < -0.4 is 18.9 Å². The van der Waals surface area contributed by atoms with Gasteiger partial charge in [-0.25, -0.2) is 4.79 Å². The standard InChI is InChI=1S/C24H26N2O7/c1-5-31-21-15-16(14-19-22(27)25(2)24(29)26(3)23(19)28)6-11-20(21)33-13-12-32-18-9-7-17(30-4)8-10-18/h6-11,14-15H,5,12-13H2,1-4H3. The molecule has 0 aromatic heterocycles. The average molecular weight is 454 g/mol. The highest BCUT2D eigenvalue weighted by Crippen LogP contribution is 2.30. The topological polar surface area (TPSA) is 94.6 Å². The predicted octanol–water partition coefficient (Wildman–Crippen LogP) is 2.99. The smallest absolute Gasteiger partial charge is 0.333 e. The van der Waals surface area contributed by atoms with Crippen LogP contribution in [0.4, 0.5) is 4.79 Å². The molecule has 174 valence electrons. The molecule has 0 saturated carbocycles. The fraction of sp³-hybridized carbons (Fsp3) is 0.292. The van der Waals surface area contributed by atoms with Crippen LogP contribution in [-0.4, -0.2) is 68.7 Å². The molecular formula is C24H26N2O7. The van der Waals surface area contributed by atoms with Gasteiger partial charge in [0.05, 0.1) is 13.7 Å². The van der Waals surface area contributed by atoms with E-state index in [1.54, 1.807) is 25.3 Å². The number of hydrogen-bond acceptors (Lipinski definition) is 7. The normalized spacial score (nSPS) is 13.8. The van der Waals surface area contributed by atoms with E-state index in [0.717, 1.165) is 15.5 Å². The van der Waals surface area contributed by atoms with Gasteiger partial charge in [-0.1, -0.05) is 6.07 Å². The van der Waals surface area contributed by atoms with Crippen molar-refractivity contribution in [2.24, 2.45) is 0 Å². The Labute approximate surface area is 192 Å². The average Bonchev–Trinajstić information content (AvgIpc) is 2.83. The Morgan fingerprint density at radius 2 is 1.39 bits per heavy atom. The van der Waals surface area contributed by atoms with Gasteiger partial charge in [0.25, 0.3) is 11.8 Å². The number of urea groups is 1. The third kappa shape index (κ3) is 5.43. The summed E-state index contributed by atoms with van der Waals surface area (Å²) in [6.07, 6.45) is 1.43. The molecule has 0 bridgehead atoms. The summed E-state index contributed by atoms with van der Waals surface area (Å²) >= 11 is 0. The number of ether oxygens (including phenoxy) is 4. The Morgan fingerprint density at radius 1 is 0.788 bits per heavy atom. The predicted molar refractivity (Wildman–Crippen MR) is 121 cm³/mol. The second kappa shape index (κ2) is 10.5. The lowest BCUT2D eigenvalue weighted by Crippen LogP contribution is -2.52. The van der Waals surface area contributed by atoms with Crippen molar-refractivity contribution in [3.05, 3.63) is 53.6 Å². The number of carbonyl (C=O) groups is 3. The maximum absolute atomic E-state index is 12.4. The van der Waals surface area contributed by atoms with Gasteiger partial charge in [0.2, 0.25) is 0 Å². The van der Waals surface area contributed by atoms with Gasteiger partial charge in [-0.05, 0) is 55.0 Å².